The monoisotopic (exact) mass is 268 g/mol. The number of aromatic amines is 1. The molecule has 2 rings (SSSR count). The number of hydrogen-bond donors (Lipinski definition) is 3. The van der Waals surface area contributed by atoms with Crippen LogP contribution in [0.1, 0.15) is 5.56 Å². The van der Waals surface area contributed by atoms with Gasteiger partial charge in [-0.2, -0.15) is 18.2 Å². The van der Waals surface area contributed by atoms with E-state index in [9.17, 15) is 13.2 Å². The molecule has 0 aliphatic rings. The lowest BCUT2D eigenvalue weighted by Crippen LogP contribution is -2.24. The Morgan fingerprint density at radius 2 is 1.89 bits per heavy atom. The number of H-pyrrole nitrogens is 1. The zero-order valence-electron chi connectivity index (χ0n) is 9.70. The van der Waals surface area contributed by atoms with Crippen LogP contribution in [0.25, 0.3) is 0 Å². The van der Waals surface area contributed by atoms with E-state index in [1.807, 2.05) is 0 Å². The van der Waals surface area contributed by atoms with E-state index in [-0.39, 0.29) is 11.6 Å². The maximum atomic E-state index is 12.7. The predicted molar refractivity (Wildman–Crippen MR) is 67.1 cm³/mol. The molecule has 0 radical (unpaired) electrons. The van der Waals surface area contributed by atoms with Crippen molar-refractivity contribution in [2.45, 2.75) is 6.18 Å². The second-order valence-corrected chi connectivity index (χ2v) is 3.72. The lowest BCUT2D eigenvalue weighted by Gasteiger charge is -2.13. The topological polar surface area (TPSA) is 66.2 Å². The Labute approximate surface area is 107 Å². The maximum Gasteiger partial charge on any atom is 0.418 e. The zero-order chi connectivity index (χ0) is 13.9. The number of aliphatic imine (C=N–C) groups is 1. The van der Waals surface area contributed by atoms with E-state index in [4.69, 9.17) is 5.73 Å². The summed E-state index contributed by atoms with van der Waals surface area (Å²) in [5, 5.41) is 2.44. The highest BCUT2D eigenvalue weighted by Gasteiger charge is 2.33. The molecular weight excluding hydrogens is 257 g/mol. The van der Waals surface area contributed by atoms with Gasteiger partial charge in [-0.25, -0.2) is 0 Å². The number of para-hydroxylation sites is 1. The summed E-state index contributed by atoms with van der Waals surface area (Å²) in [4.78, 5) is 6.67. The fourth-order valence-corrected chi connectivity index (χ4v) is 1.53. The first-order chi connectivity index (χ1) is 8.97. The lowest BCUT2D eigenvalue weighted by atomic mass is 10.1. The summed E-state index contributed by atoms with van der Waals surface area (Å²) >= 11 is 0. The van der Waals surface area contributed by atoms with Crippen molar-refractivity contribution in [3.8, 4) is 0 Å². The van der Waals surface area contributed by atoms with Crippen LogP contribution in [0.5, 0.6) is 0 Å². The van der Waals surface area contributed by atoms with Crippen molar-refractivity contribution < 1.29 is 13.2 Å². The Kier molecular flexibility index (Phi) is 3.46. The van der Waals surface area contributed by atoms with Crippen molar-refractivity contribution in [2.75, 3.05) is 5.32 Å². The lowest BCUT2D eigenvalue weighted by molar-refractivity contribution is -0.136. The molecule has 19 heavy (non-hydrogen) atoms. The SMILES string of the molecule is NC(=Nc1ccc[nH]1)Nc1ccccc1C(F)(F)F. The smallest absolute Gasteiger partial charge is 0.369 e. The number of hydrogen-bond acceptors (Lipinski definition) is 1. The molecule has 0 atom stereocenters. The zero-order valence-corrected chi connectivity index (χ0v) is 9.70. The van der Waals surface area contributed by atoms with Crippen molar-refractivity contribution in [1.29, 1.82) is 0 Å². The molecule has 0 aliphatic carbocycles. The molecule has 4 N–H and O–H groups in total. The van der Waals surface area contributed by atoms with Gasteiger partial charge in [0, 0.05) is 6.20 Å². The van der Waals surface area contributed by atoms with Gasteiger partial charge in [0.1, 0.15) is 5.82 Å². The molecule has 100 valence electrons. The highest BCUT2D eigenvalue weighted by atomic mass is 19.4. The van der Waals surface area contributed by atoms with Crippen molar-refractivity contribution in [2.24, 2.45) is 10.7 Å². The van der Waals surface area contributed by atoms with Crippen LogP contribution in [-0.4, -0.2) is 10.9 Å². The van der Waals surface area contributed by atoms with E-state index in [1.165, 1.54) is 18.2 Å². The second kappa shape index (κ2) is 5.05. The Morgan fingerprint density at radius 1 is 1.16 bits per heavy atom. The molecule has 0 spiro atoms. The molecule has 0 unspecified atom stereocenters. The molecule has 0 saturated heterocycles. The Hall–Kier alpha value is -2.44. The molecule has 1 aromatic carbocycles. The maximum absolute atomic E-state index is 12.7. The first-order valence-electron chi connectivity index (χ1n) is 5.37. The van der Waals surface area contributed by atoms with Gasteiger partial charge in [-0.1, -0.05) is 12.1 Å². The van der Waals surface area contributed by atoms with Crippen molar-refractivity contribution in [1.82, 2.24) is 4.98 Å². The van der Waals surface area contributed by atoms with Crippen LogP contribution in [0.3, 0.4) is 0 Å². The average Bonchev–Trinajstić information content (AvgIpc) is 2.81. The van der Waals surface area contributed by atoms with Gasteiger partial charge in [-0.3, -0.25) is 0 Å². The van der Waals surface area contributed by atoms with E-state index >= 15 is 0 Å². The van der Waals surface area contributed by atoms with Gasteiger partial charge < -0.3 is 16.0 Å². The normalized spacial score (nSPS) is 12.5. The number of rotatable bonds is 2. The van der Waals surface area contributed by atoms with Gasteiger partial charge in [-0.15, -0.1) is 0 Å². The van der Waals surface area contributed by atoms with Crippen molar-refractivity contribution in [3.05, 3.63) is 48.2 Å². The highest BCUT2D eigenvalue weighted by molar-refractivity contribution is 5.94. The molecule has 0 saturated carbocycles. The molecule has 0 bridgehead atoms. The molecular formula is C12H11F3N4. The summed E-state index contributed by atoms with van der Waals surface area (Å²) in [5.41, 5.74) is 4.63. The second-order valence-electron chi connectivity index (χ2n) is 3.72. The molecule has 2 aromatic rings. The summed E-state index contributed by atoms with van der Waals surface area (Å²) in [5.74, 6) is 0.327. The summed E-state index contributed by atoms with van der Waals surface area (Å²) in [6.45, 7) is 0. The van der Waals surface area contributed by atoms with Crippen LogP contribution >= 0.6 is 0 Å². The van der Waals surface area contributed by atoms with Crippen LogP contribution in [0.4, 0.5) is 24.7 Å². The molecule has 1 heterocycles. The molecule has 4 nitrogen and oxygen atoms in total. The van der Waals surface area contributed by atoms with E-state index in [0.29, 0.717) is 5.82 Å². The first kappa shape index (κ1) is 13.0. The quantitative estimate of drug-likeness (QED) is 0.578. The number of nitrogens with zero attached hydrogens (tertiary/aromatic N) is 1. The third-order valence-electron chi connectivity index (χ3n) is 2.32. The fourth-order valence-electron chi connectivity index (χ4n) is 1.53. The summed E-state index contributed by atoms with van der Waals surface area (Å²) < 4.78 is 38.2. The van der Waals surface area contributed by atoms with Crippen LogP contribution in [-0.2, 0) is 6.18 Å². The number of anilines is 1. The molecule has 7 heteroatoms. The van der Waals surface area contributed by atoms with E-state index in [2.05, 4.69) is 15.3 Å². The molecule has 0 fully saturated rings. The first-order valence-corrected chi connectivity index (χ1v) is 5.37. The third kappa shape index (κ3) is 3.27. The minimum atomic E-state index is -4.45. The Bertz CT molecular complexity index is 573. The third-order valence-corrected chi connectivity index (χ3v) is 2.32. The van der Waals surface area contributed by atoms with Crippen molar-refractivity contribution >= 4 is 17.5 Å². The van der Waals surface area contributed by atoms with Crippen LogP contribution in [0.2, 0.25) is 0 Å². The Balaban J connectivity index is 2.24. The molecule has 1 aromatic heterocycles. The largest absolute Gasteiger partial charge is 0.418 e. The van der Waals surface area contributed by atoms with E-state index < -0.39 is 11.7 Å². The number of nitrogens with one attached hydrogen (secondary N) is 2. The number of aromatic nitrogens is 1. The van der Waals surface area contributed by atoms with E-state index in [0.717, 1.165) is 6.07 Å². The summed E-state index contributed by atoms with van der Waals surface area (Å²) in [6.07, 6.45) is -2.81. The van der Waals surface area contributed by atoms with E-state index in [1.54, 1.807) is 18.3 Å². The highest BCUT2D eigenvalue weighted by Crippen LogP contribution is 2.34. The number of halogens is 3. The standard InChI is InChI=1S/C12H11F3N4/c13-12(14,15)8-4-1-2-5-9(8)18-11(16)19-10-6-3-7-17-10/h1-7,17H,(H3,16,18,19). The van der Waals surface area contributed by atoms with Gasteiger partial charge >= 0.3 is 6.18 Å². The van der Waals surface area contributed by atoms with Gasteiger partial charge in [0.25, 0.3) is 0 Å². The summed E-state index contributed by atoms with van der Waals surface area (Å²) in [7, 11) is 0. The number of alkyl halides is 3. The van der Waals surface area contributed by atoms with Crippen molar-refractivity contribution in [3.63, 3.8) is 0 Å². The minimum absolute atomic E-state index is 0.126. The van der Waals surface area contributed by atoms with Gasteiger partial charge in [-0.05, 0) is 24.3 Å². The predicted octanol–water partition coefficient (Wildman–Crippen LogP) is 3.09. The number of guanidine groups is 1. The van der Waals surface area contributed by atoms with Gasteiger partial charge in [0.15, 0.2) is 5.96 Å². The molecule has 0 amide bonds. The fraction of sp³-hybridized carbons (Fsp3) is 0.0833. The minimum Gasteiger partial charge on any atom is -0.369 e. The van der Waals surface area contributed by atoms with Crippen LogP contribution in [0.15, 0.2) is 47.6 Å². The number of benzene rings is 1. The van der Waals surface area contributed by atoms with Gasteiger partial charge in [0.05, 0.1) is 11.3 Å². The molecule has 0 aliphatic heterocycles. The van der Waals surface area contributed by atoms with Gasteiger partial charge in [0.2, 0.25) is 0 Å². The Morgan fingerprint density at radius 3 is 2.53 bits per heavy atom. The number of nitrogens with two attached hydrogens (primary N) is 1. The van der Waals surface area contributed by atoms with Crippen LogP contribution < -0.4 is 11.1 Å². The van der Waals surface area contributed by atoms with Crippen LogP contribution in [0, 0.1) is 0 Å². The summed E-state index contributed by atoms with van der Waals surface area (Å²) in [6, 6.07) is 8.41. The average molecular weight is 268 g/mol.